The van der Waals surface area contributed by atoms with Crippen LogP contribution in [-0.4, -0.2) is 10.2 Å². The zero-order valence-corrected chi connectivity index (χ0v) is 14.0. The van der Waals surface area contributed by atoms with Crippen molar-refractivity contribution < 1.29 is 0 Å². The third-order valence-electron chi connectivity index (χ3n) is 4.74. The molecule has 1 aromatic heterocycles. The van der Waals surface area contributed by atoms with Crippen molar-refractivity contribution >= 4 is 10.8 Å². The van der Waals surface area contributed by atoms with Crippen LogP contribution in [0.4, 0.5) is 0 Å². The van der Waals surface area contributed by atoms with Gasteiger partial charge in [0, 0.05) is 17.2 Å². The van der Waals surface area contributed by atoms with Crippen molar-refractivity contribution in [2.75, 3.05) is 0 Å². The molecule has 4 aromatic rings. The first-order chi connectivity index (χ1) is 11.8. The maximum absolute atomic E-state index is 4.44. The number of fused-ring (bicyclic) bond motifs is 1. The van der Waals surface area contributed by atoms with Crippen LogP contribution in [0.15, 0.2) is 72.8 Å². The number of hydrogen-bond acceptors (Lipinski definition) is 1. The molecular formula is C22H20N2. The molecule has 0 aliphatic rings. The van der Waals surface area contributed by atoms with E-state index in [9.17, 15) is 0 Å². The van der Waals surface area contributed by atoms with E-state index in [-0.39, 0.29) is 5.92 Å². The Kier molecular flexibility index (Phi) is 3.66. The summed E-state index contributed by atoms with van der Waals surface area (Å²) in [5, 5.41) is 10.2. The average molecular weight is 312 g/mol. The predicted molar refractivity (Wildman–Crippen MR) is 99.4 cm³/mol. The number of H-pyrrole nitrogens is 1. The summed E-state index contributed by atoms with van der Waals surface area (Å²) < 4.78 is 0. The van der Waals surface area contributed by atoms with Crippen molar-refractivity contribution in [3.63, 3.8) is 0 Å². The number of aromatic nitrogens is 2. The second kappa shape index (κ2) is 5.97. The quantitative estimate of drug-likeness (QED) is 0.542. The Balaban J connectivity index is 2.03. The summed E-state index contributed by atoms with van der Waals surface area (Å²) >= 11 is 0. The standard InChI is InChI=1S/C22H20N2/c1-15-21(16(2)24-23-15)22(18-10-4-3-5-11-18)20-14-8-12-17-9-6-7-13-19(17)20/h3-14,22H,1-2H3,(H,23,24). The minimum atomic E-state index is 0.177. The number of aromatic amines is 1. The van der Waals surface area contributed by atoms with Crippen LogP contribution in [0.1, 0.15) is 34.0 Å². The van der Waals surface area contributed by atoms with E-state index in [0.717, 1.165) is 11.4 Å². The van der Waals surface area contributed by atoms with Crippen molar-refractivity contribution in [3.8, 4) is 0 Å². The van der Waals surface area contributed by atoms with E-state index in [4.69, 9.17) is 0 Å². The van der Waals surface area contributed by atoms with Gasteiger partial charge in [-0.1, -0.05) is 72.8 Å². The molecule has 1 N–H and O–H groups in total. The highest BCUT2D eigenvalue weighted by Crippen LogP contribution is 2.38. The maximum atomic E-state index is 4.44. The molecule has 2 heteroatoms. The van der Waals surface area contributed by atoms with Gasteiger partial charge in [0.05, 0.1) is 5.69 Å². The number of aryl methyl sites for hydroxylation is 2. The van der Waals surface area contributed by atoms with Crippen molar-refractivity contribution in [1.29, 1.82) is 0 Å². The molecule has 0 amide bonds. The highest BCUT2D eigenvalue weighted by molar-refractivity contribution is 5.87. The number of nitrogens with one attached hydrogen (secondary N) is 1. The molecule has 118 valence electrons. The molecule has 0 bridgehead atoms. The van der Waals surface area contributed by atoms with Crippen LogP contribution in [0.3, 0.4) is 0 Å². The predicted octanol–water partition coefficient (Wildman–Crippen LogP) is 5.36. The fraction of sp³-hybridized carbons (Fsp3) is 0.136. The van der Waals surface area contributed by atoms with Crippen LogP contribution >= 0.6 is 0 Å². The third-order valence-corrected chi connectivity index (χ3v) is 4.74. The van der Waals surface area contributed by atoms with E-state index in [0.29, 0.717) is 0 Å². The zero-order chi connectivity index (χ0) is 16.5. The normalized spacial score (nSPS) is 12.4. The molecule has 0 saturated carbocycles. The number of benzene rings is 3. The lowest BCUT2D eigenvalue weighted by Crippen LogP contribution is -2.06. The SMILES string of the molecule is Cc1n[nH]c(C)c1C(c1ccccc1)c1cccc2ccccc12. The molecule has 1 atom stereocenters. The minimum absolute atomic E-state index is 0.177. The highest BCUT2D eigenvalue weighted by Gasteiger charge is 2.23. The van der Waals surface area contributed by atoms with E-state index < -0.39 is 0 Å². The molecule has 0 aliphatic heterocycles. The first-order valence-electron chi connectivity index (χ1n) is 8.30. The summed E-state index contributed by atoms with van der Waals surface area (Å²) in [6, 6.07) is 25.9. The molecule has 24 heavy (non-hydrogen) atoms. The zero-order valence-electron chi connectivity index (χ0n) is 14.0. The lowest BCUT2D eigenvalue weighted by atomic mass is 9.82. The van der Waals surface area contributed by atoms with Gasteiger partial charge in [-0.25, -0.2) is 0 Å². The van der Waals surface area contributed by atoms with Crippen molar-refractivity contribution in [2.24, 2.45) is 0 Å². The van der Waals surface area contributed by atoms with Gasteiger partial charge in [0.2, 0.25) is 0 Å². The Hall–Kier alpha value is -2.87. The van der Waals surface area contributed by atoms with Gasteiger partial charge in [-0.15, -0.1) is 0 Å². The van der Waals surface area contributed by atoms with Crippen molar-refractivity contribution in [1.82, 2.24) is 10.2 Å². The fourth-order valence-corrected chi connectivity index (χ4v) is 3.63. The molecule has 0 fully saturated rings. The van der Waals surface area contributed by atoms with E-state index in [1.807, 2.05) is 0 Å². The van der Waals surface area contributed by atoms with Gasteiger partial charge in [0.1, 0.15) is 0 Å². The average Bonchev–Trinajstić information content (AvgIpc) is 2.96. The van der Waals surface area contributed by atoms with Crippen LogP contribution in [0.25, 0.3) is 10.8 Å². The summed E-state index contributed by atoms with van der Waals surface area (Å²) in [5.74, 6) is 0.177. The smallest absolute Gasteiger partial charge is 0.0635 e. The molecule has 0 aliphatic carbocycles. The Morgan fingerprint density at radius 2 is 1.50 bits per heavy atom. The Morgan fingerprint density at radius 1 is 0.792 bits per heavy atom. The summed E-state index contributed by atoms with van der Waals surface area (Å²) in [6.07, 6.45) is 0. The summed E-state index contributed by atoms with van der Waals surface area (Å²) in [5.41, 5.74) is 6.09. The molecular weight excluding hydrogens is 292 g/mol. The molecule has 2 nitrogen and oxygen atoms in total. The van der Waals surface area contributed by atoms with E-state index in [1.165, 1.54) is 27.5 Å². The monoisotopic (exact) mass is 312 g/mol. The van der Waals surface area contributed by atoms with Gasteiger partial charge in [0.25, 0.3) is 0 Å². The number of hydrogen-bond donors (Lipinski definition) is 1. The van der Waals surface area contributed by atoms with Crippen LogP contribution in [-0.2, 0) is 0 Å². The van der Waals surface area contributed by atoms with Crippen molar-refractivity contribution in [3.05, 3.63) is 101 Å². The summed E-state index contributed by atoms with van der Waals surface area (Å²) in [7, 11) is 0. The van der Waals surface area contributed by atoms with Gasteiger partial charge >= 0.3 is 0 Å². The number of nitrogens with zero attached hydrogens (tertiary/aromatic N) is 1. The third kappa shape index (κ3) is 2.41. The minimum Gasteiger partial charge on any atom is -0.282 e. The van der Waals surface area contributed by atoms with Crippen molar-refractivity contribution in [2.45, 2.75) is 19.8 Å². The molecule has 0 saturated heterocycles. The molecule has 0 spiro atoms. The first kappa shape index (κ1) is 14.7. The Bertz CT molecular complexity index is 958. The first-order valence-corrected chi connectivity index (χ1v) is 8.30. The molecule has 3 aromatic carbocycles. The lowest BCUT2D eigenvalue weighted by molar-refractivity contribution is 0.961. The maximum Gasteiger partial charge on any atom is 0.0635 e. The summed E-state index contributed by atoms with van der Waals surface area (Å²) in [6.45, 7) is 4.19. The number of rotatable bonds is 3. The van der Waals surface area contributed by atoms with E-state index in [1.54, 1.807) is 0 Å². The van der Waals surface area contributed by atoms with Gasteiger partial charge in [-0.3, -0.25) is 5.10 Å². The van der Waals surface area contributed by atoms with Crippen LogP contribution in [0, 0.1) is 13.8 Å². The van der Waals surface area contributed by atoms with Crippen LogP contribution in [0.2, 0.25) is 0 Å². The topological polar surface area (TPSA) is 28.7 Å². The van der Waals surface area contributed by atoms with Gasteiger partial charge in [-0.05, 0) is 35.7 Å². The van der Waals surface area contributed by atoms with Gasteiger partial charge in [0.15, 0.2) is 0 Å². The second-order valence-electron chi connectivity index (χ2n) is 6.26. The molecule has 4 rings (SSSR count). The van der Waals surface area contributed by atoms with Crippen LogP contribution in [0.5, 0.6) is 0 Å². The molecule has 0 radical (unpaired) electrons. The largest absolute Gasteiger partial charge is 0.282 e. The van der Waals surface area contributed by atoms with Gasteiger partial charge in [-0.2, -0.15) is 5.10 Å². The lowest BCUT2D eigenvalue weighted by Gasteiger charge is -2.21. The van der Waals surface area contributed by atoms with E-state index >= 15 is 0 Å². The second-order valence-corrected chi connectivity index (χ2v) is 6.26. The fourth-order valence-electron chi connectivity index (χ4n) is 3.63. The molecule has 1 unspecified atom stereocenters. The Labute approximate surface area is 142 Å². The van der Waals surface area contributed by atoms with Gasteiger partial charge < -0.3 is 0 Å². The molecule has 1 heterocycles. The highest BCUT2D eigenvalue weighted by atomic mass is 15.1. The summed E-state index contributed by atoms with van der Waals surface area (Å²) in [4.78, 5) is 0. The van der Waals surface area contributed by atoms with Crippen LogP contribution < -0.4 is 0 Å². The Morgan fingerprint density at radius 3 is 2.25 bits per heavy atom. The van der Waals surface area contributed by atoms with E-state index in [2.05, 4.69) is 96.8 Å².